The Morgan fingerprint density at radius 2 is 2.22 bits per heavy atom. The molecular formula is C7H16N2. The van der Waals surface area contributed by atoms with Gasteiger partial charge in [-0.05, 0) is 32.4 Å². The van der Waals surface area contributed by atoms with Crippen molar-refractivity contribution in [1.29, 1.82) is 0 Å². The van der Waals surface area contributed by atoms with Gasteiger partial charge in [0.1, 0.15) is 0 Å². The van der Waals surface area contributed by atoms with E-state index in [9.17, 15) is 0 Å². The van der Waals surface area contributed by atoms with E-state index in [0.717, 1.165) is 0 Å². The average molecular weight is 128 g/mol. The van der Waals surface area contributed by atoms with E-state index in [2.05, 4.69) is 18.9 Å². The van der Waals surface area contributed by atoms with Crippen LogP contribution >= 0.6 is 0 Å². The van der Waals surface area contributed by atoms with Crippen LogP contribution in [-0.4, -0.2) is 24.7 Å². The van der Waals surface area contributed by atoms with Crippen LogP contribution in [0.3, 0.4) is 0 Å². The van der Waals surface area contributed by atoms with E-state index < -0.39 is 0 Å². The van der Waals surface area contributed by atoms with Crippen LogP contribution in [0.25, 0.3) is 0 Å². The second-order valence-electron chi connectivity index (χ2n) is 3.09. The molecule has 2 nitrogen and oxygen atoms in total. The highest BCUT2D eigenvalue weighted by Gasteiger charge is 2.21. The minimum absolute atomic E-state index is 0.304. The molecule has 1 aliphatic rings. The monoisotopic (exact) mass is 128 g/mol. The summed E-state index contributed by atoms with van der Waals surface area (Å²) in [6.45, 7) is 3.39. The number of nitrogens with two attached hydrogens (primary N) is 1. The molecule has 1 rings (SSSR count). The van der Waals surface area contributed by atoms with E-state index in [1.165, 1.54) is 19.4 Å². The molecule has 0 aromatic rings. The van der Waals surface area contributed by atoms with Gasteiger partial charge in [-0.3, -0.25) is 4.90 Å². The second-order valence-corrected chi connectivity index (χ2v) is 3.09. The van der Waals surface area contributed by atoms with E-state index >= 15 is 0 Å². The summed E-state index contributed by atoms with van der Waals surface area (Å²) in [5.74, 6) is 0.684. The van der Waals surface area contributed by atoms with Crippen LogP contribution in [0.15, 0.2) is 0 Å². The lowest BCUT2D eigenvalue weighted by Gasteiger charge is -2.34. The molecule has 2 heteroatoms. The van der Waals surface area contributed by atoms with Crippen molar-refractivity contribution in [3.63, 3.8) is 0 Å². The zero-order valence-corrected chi connectivity index (χ0v) is 6.30. The van der Waals surface area contributed by atoms with Gasteiger partial charge in [-0.15, -0.1) is 0 Å². The third kappa shape index (κ3) is 1.43. The zero-order chi connectivity index (χ0) is 6.85. The van der Waals surface area contributed by atoms with Crippen LogP contribution in [0, 0.1) is 5.92 Å². The van der Waals surface area contributed by atoms with Crippen LogP contribution in [-0.2, 0) is 0 Å². The maximum Gasteiger partial charge on any atom is 0.0595 e. The topological polar surface area (TPSA) is 29.3 Å². The molecule has 1 heterocycles. The SMILES string of the molecule is CC1CCCN(C)C1N. The van der Waals surface area contributed by atoms with E-state index in [0.29, 0.717) is 12.1 Å². The molecule has 0 aromatic heterocycles. The Hall–Kier alpha value is -0.0800. The highest BCUT2D eigenvalue weighted by Crippen LogP contribution is 2.17. The summed E-state index contributed by atoms with van der Waals surface area (Å²) >= 11 is 0. The minimum Gasteiger partial charge on any atom is -0.316 e. The lowest BCUT2D eigenvalue weighted by atomic mass is 9.97. The van der Waals surface area contributed by atoms with Crippen molar-refractivity contribution in [3.8, 4) is 0 Å². The molecule has 0 radical (unpaired) electrons. The van der Waals surface area contributed by atoms with Crippen molar-refractivity contribution in [1.82, 2.24) is 4.90 Å². The van der Waals surface area contributed by atoms with E-state index in [-0.39, 0.29) is 0 Å². The fourth-order valence-electron chi connectivity index (χ4n) is 1.42. The van der Waals surface area contributed by atoms with Gasteiger partial charge in [0.15, 0.2) is 0 Å². The average Bonchev–Trinajstić information content (AvgIpc) is 1.83. The predicted octanol–water partition coefficient (Wildman–Crippen LogP) is 0.633. The van der Waals surface area contributed by atoms with E-state index in [4.69, 9.17) is 5.73 Å². The number of hydrogen-bond donors (Lipinski definition) is 1. The summed E-state index contributed by atoms with van der Waals surface area (Å²) in [4.78, 5) is 2.23. The third-order valence-corrected chi connectivity index (χ3v) is 2.26. The Bertz CT molecular complexity index is 82.9. The van der Waals surface area contributed by atoms with Crippen molar-refractivity contribution < 1.29 is 0 Å². The molecule has 9 heavy (non-hydrogen) atoms. The highest BCUT2D eigenvalue weighted by molar-refractivity contribution is 4.74. The molecule has 1 aliphatic heterocycles. The molecule has 0 bridgehead atoms. The third-order valence-electron chi connectivity index (χ3n) is 2.26. The first-order valence-corrected chi connectivity index (χ1v) is 3.67. The summed E-state index contributed by atoms with van der Waals surface area (Å²) < 4.78 is 0. The molecule has 0 saturated carbocycles. The Morgan fingerprint density at radius 1 is 1.56 bits per heavy atom. The summed E-state index contributed by atoms with van der Waals surface area (Å²) in [5, 5.41) is 0. The van der Waals surface area contributed by atoms with Crippen molar-refractivity contribution in [2.24, 2.45) is 11.7 Å². The van der Waals surface area contributed by atoms with Crippen molar-refractivity contribution in [2.75, 3.05) is 13.6 Å². The highest BCUT2D eigenvalue weighted by atomic mass is 15.2. The van der Waals surface area contributed by atoms with Gasteiger partial charge in [-0.1, -0.05) is 6.92 Å². The van der Waals surface area contributed by atoms with Gasteiger partial charge in [-0.25, -0.2) is 0 Å². The summed E-state index contributed by atoms with van der Waals surface area (Å²) in [5.41, 5.74) is 5.85. The molecule has 0 spiro atoms. The Kier molecular flexibility index (Phi) is 2.09. The first kappa shape index (κ1) is 7.03. The molecule has 0 amide bonds. The number of nitrogens with zero attached hydrogens (tertiary/aromatic N) is 1. The molecular weight excluding hydrogens is 112 g/mol. The number of rotatable bonds is 0. The van der Waals surface area contributed by atoms with Crippen molar-refractivity contribution in [2.45, 2.75) is 25.9 Å². The first-order chi connectivity index (χ1) is 4.22. The first-order valence-electron chi connectivity index (χ1n) is 3.67. The van der Waals surface area contributed by atoms with Crippen LogP contribution in [0.1, 0.15) is 19.8 Å². The fraction of sp³-hybridized carbons (Fsp3) is 1.00. The number of hydrogen-bond acceptors (Lipinski definition) is 2. The van der Waals surface area contributed by atoms with Crippen LogP contribution in [0.5, 0.6) is 0 Å². The van der Waals surface area contributed by atoms with Gasteiger partial charge in [-0.2, -0.15) is 0 Å². The smallest absolute Gasteiger partial charge is 0.0595 e. The Morgan fingerprint density at radius 3 is 2.67 bits per heavy atom. The zero-order valence-electron chi connectivity index (χ0n) is 6.30. The summed E-state index contributed by atoms with van der Waals surface area (Å²) in [6, 6.07) is 0. The standard InChI is InChI=1S/C7H16N2/c1-6-4-3-5-9(2)7(6)8/h6-7H,3-5,8H2,1-2H3. The van der Waals surface area contributed by atoms with Gasteiger partial charge in [0, 0.05) is 0 Å². The van der Waals surface area contributed by atoms with Gasteiger partial charge in [0.25, 0.3) is 0 Å². The molecule has 2 atom stereocenters. The predicted molar refractivity (Wildman–Crippen MR) is 39.0 cm³/mol. The normalized spacial score (nSPS) is 39.0. The Labute approximate surface area is 57.0 Å². The minimum atomic E-state index is 0.304. The van der Waals surface area contributed by atoms with Gasteiger partial charge in [0.2, 0.25) is 0 Å². The van der Waals surface area contributed by atoms with E-state index in [1.54, 1.807) is 0 Å². The van der Waals surface area contributed by atoms with Gasteiger partial charge >= 0.3 is 0 Å². The molecule has 0 aromatic carbocycles. The van der Waals surface area contributed by atoms with Crippen molar-refractivity contribution in [3.05, 3.63) is 0 Å². The lowest BCUT2D eigenvalue weighted by Crippen LogP contribution is -2.47. The quantitative estimate of drug-likeness (QED) is 0.518. The molecule has 2 N–H and O–H groups in total. The maximum absolute atomic E-state index is 5.85. The maximum atomic E-state index is 5.85. The largest absolute Gasteiger partial charge is 0.316 e. The molecule has 0 aliphatic carbocycles. The van der Waals surface area contributed by atoms with Gasteiger partial charge in [0.05, 0.1) is 6.17 Å². The molecule has 1 fully saturated rings. The summed E-state index contributed by atoms with van der Waals surface area (Å²) in [7, 11) is 2.10. The van der Waals surface area contributed by atoms with Crippen molar-refractivity contribution >= 4 is 0 Å². The van der Waals surface area contributed by atoms with Crippen LogP contribution in [0.4, 0.5) is 0 Å². The van der Waals surface area contributed by atoms with Crippen LogP contribution in [0.2, 0.25) is 0 Å². The van der Waals surface area contributed by atoms with E-state index in [1.807, 2.05) is 0 Å². The number of piperidine rings is 1. The number of likely N-dealkylation sites (tertiary alicyclic amines) is 1. The molecule has 54 valence electrons. The fourth-order valence-corrected chi connectivity index (χ4v) is 1.42. The van der Waals surface area contributed by atoms with Crippen LogP contribution < -0.4 is 5.73 Å². The molecule has 2 unspecified atom stereocenters. The summed E-state index contributed by atoms with van der Waals surface area (Å²) in [6.07, 6.45) is 2.91. The lowest BCUT2D eigenvalue weighted by molar-refractivity contribution is 0.135. The van der Waals surface area contributed by atoms with Gasteiger partial charge < -0.3 is 5.73 Å². The second kappa shape index (κ2) is 2.67. The molecule has 1 saturated heterocycles. The Balaban J connectivity index is 2.41.